The molecule has 0 bridgehead atoms. The van der Waals surface area contributed by atoms with E-state index < -0.39 is 36.4 Å². The number of benzene rings is 1. The van der Waals surface area contributed by atoms with Crippen molar-refractivity contribution in [3.63, 3.8) is 0 Å². The number of halogens is 3. The molecule has 1 aromatic carbocycles. The van der Waals surface area contributed by atoms with Crippen molar-refractivity contribution in [2.45, 2.75) is 12.6 Å². The molecule has 1 N–H and O–H groups in total. The first kappa shape index (κ1) is 19.7. The third kappa shape index (κ3) is 3.39. The summed E-state index contributed by atoms with van der Waals surface area (Å²) in [5.41, 5.74) is -1.49. The number of alkyl halides is 3. The van der Waals surface area contributed by atoms with E-state index in [-0.39, 0.29) is 12.1 Å². The molecule has 1 unspecified atom stereocenters. The topological polar surface area (TPSA) is 79.7 Å². The van der Waals surface area contributed by atoms with Gasteiger partial charge in [0.15, 0.2) is 5.41 Å². The number of methoxy groups -OCH3 is 1. The van der Waals surface area contributed by atoms with E-state index in [1.165, 1.54) is 25.6 Å². The molecule has 0 saturated carbocycles. The Hall–Kier alpha value is -3.10. The highest BCUT2D eigenvalue weighted by Crippen LogP contribution is 2.46. The summed E-state index contributed by atoms with van der Waals surface area (Å²) in [6.45, 7) is -1.21. The van der Waals surface area contributed by atoms with E-state index in [9.17, 15) is 22.8 Å². The van der Waals surface area contributed by atoms with Gasteiger partial charge in [-0.25, -0.2) is 0 Å². The zero-order chi connectivity index (χ0) is 20.5. The van der Waals surface area contributed by atoms with Gasteiger partial charge in [-0.3, -0.25) is 14.6 Å². The maximum Gasteiger partial charge on any atom is 0.406 e. The van der Waals surface area contributed by atoms with Crippen LogP contribution in [0.1, 0.15) is 16.8 Å². The number of carbonyl (C=O) groups excluding carboxylic acids is 1. The van der Waals surface area contributed by atoms with Gasteiger partial charge in [-0.2, -0.15) is 13.2 Å². The van der Waals surface area contributed by atoms with Crippen LogP contribution in [-0.4, -0.2) is 53.2 Å². The predicted molar refractivity (Wildman–Crippen MR) is 92.9 cm³/mol. The molecule has 148 valence electrons. The summed E-state index contributed by atoms with van der Waals surface area (Å²) in [4.78, 5) is 28.9. The molecular formula is C19H17F3N2O4. The SMILES string of the molecule is COc1ccc(-c2cncc(C(=O)N3CCC(C(=O)O)(C(F)(F)F)C3)c2)cc1. The zero-order valence-corrected chi connectivity index (χ0v) is 14.9. The molecule has 28 heavy (non-hydrogen) atoms. The van der Waals surface area contributed by atoms with Crippen LogP contribution in [0.5, 0.6) is 5.75 Å². The molecule has 2 aromatic rings. The van der Waals surface area contributed by atoms with Gasteiger partial charge in [0.2, 0.25) is 0 Å². The van der Waals surface area contributed by atoms with Crippen molar-refractivity contribution >= 4 is 11.9 Å². The van der Waals surface area contributed by atoms with Crippen LogP contribution < -0.4 is 4.74 Å². The number of rotatable bonds is 4. The molecule has 1 fully saturated rings. The average Bonchev–Trinajstić information content (AvgIpc) is 3.15. The number of amides is 1. The first-order valence-corrected chi connectivity index (χ1v) is 8.37. The van der Waals surface area contributed by atoms with E-state index in [0.29, 0.717) is 11.3 Å². The second kappa shape index (κ2) is 7.14. The van der Waals surface area contributed by atoms with Crippen molar-refractivity contribution in [1.82, 2.24) is 9.88 Å². The van der Waals surface area contributed by atoms with Crippen LogP contribution >= 0.6 is 0 Å². The standard InChI is InChI=1S/C19H17F3N2O4/c1-28-15-4-2-12(3-5-15)13-8-14(10-23-9-13)16(25)24-7-6-18(11-24,17(26)27)19(20,21)22/h2-5,8-10H,6-7,11H2,1H3,(H,26,27). The Balaban J connectivity index is 1.85. The molecule has 1 aromatic heterocycles. The number of pyridine rings is 1. The predicted octanol–water partition coefficient (Wildman–Crippen LogP) is 3.24. The zero-order valence-electron chi connectivity index (χ0n) is 14.9. The minimum atomic E-state index is -4.95. The van der Waals surface area contributed by atoms with Gasteiger partial charge in [0.25, 0.3) is 5.91 Å². The van der Waals surface area contributed by atoms with Gasteiger partial charge in [-0.05, 0) is 30.2 Å². The van der Waals surface area contributed by atoms with Crippen molar-refractivity contribution in [3.8, 4) is 16.9 Å². The summed E-state index contributed by atoms with van der Waals surface area (Å²) in [6, 6.07) is 8.51. The molecule has 3 rings (SSSR count). The van der Waals surface area contributed by atoms with Gasteiger partial charge < -0.3 is 14.7 Å². The van der Waals surface area contributed by atoms with Crippen LogP contribution in [0.3, 0.4) is 0 Å². The van der Waals surface area contributed by atoms with Crippen LogP contribution in [-0.2, 0) is 4.79 Å². The molecule has 9 heteroatoms. The van der Waals surface area contributed by atoms with E-state index in [4.69, 9.17) is 9.84 Å². The Bertz CT molecular complexity index is 899. The van der Waals surface area contributed by atoms with Crippen LogP contribution in [0.25, 0.3) is 11.1 Å². The molecule has 0 radical (unpaired) electrons. The number of carboxylic acid groups (broad SMARTS) is 1. The largest absolute Gasteiger partial charge is 0.497 e. The lowest BCUT2D eigenvalue weighted by Crippen LogP contribution is -2.47. The highest BCUT2D eigenvalue weighted by atomic mass is 19.4. The van der Waals surface area contributed by atoms with E-state index in [2.05, 4.69) is 4.98 Å². The summed E-state index contributed by atoms with van der Waals surface area (Å²) in [5, 5.41) is 9.12. The highest BCUT2D eigenvalue weighted by molar-refractivity contribution is 5.96. The van der Waals surface area contributed by atoms with Crippen LogP contribution in [0.2, 0.25) is 0 Å². The van der Waals surface area contributed by atoms with Crippen molar-refractivity contribution in [3.05, 3.63) is 48.3 Å². The molecule has 1 atom stereocenters. The number of aromatic nitrogens is 1. The monoisotopic (exact) mass is 394 g/mol. The molecule has 0 spiro atoms. The van der Waals surface area contributed by atoms with Crippen molar-refractivity contribution in [2.75, 3.05) is 20.2 Å². The van der Waals surface area contributed by atoms with E-state index in [1.54, 1.807) is 24.3 Å². The fourth-order valence-corrected chi connectivity index (χ4v) is 3.19. The number of carboxylic acids is 1. The van der Waals surface area contributed by atoms with Gasteiger partial charge in [-0.1, -0.05) is 12.1 Å². The van der Waals surface area contributed by atoms with Crippen LogP contribution in [0.4, 0.5) is 13.2 Å². The Morgan fingerprint density at radius 1 is 1.18 bits per heavy atom. The number of likely N-dealkylation sites (tertiary alicyclic amines) is 1. The number of carbonyl (C=O) groups is 2. The molecule has 1 aliphatic rings. The Kier molecular flexibility index (Phi) is 5.01. The highest BCUT2D eigenvalue weighted by Gasteiger charge is 2.64. The van der Waals surface area contributed by atoms with Crippen molar-refractivity contribution < 1.29 is 32.6 Å². The molecular weight excluding hydrogens is 377 g/mol. The molecule has 1 aliphatic heterocycles. The fraction of sp³-hybridized carbons (Fsp3) is 0.316. The first-order chi connectivity index (χ1) is 13.2. The van der Waals surface area contributed by atoms with E-state index in [0.717, 1.165) is 10.5 Å². The molecule has 6 nitrogen and oxygen atoms in total. The lowest BCUT2D eigenvalue weighted by molar-refractivity contribution is -0.227. The first-order valence-electron chi connectivity index (χ1n) is 8.37. The van der Waals surface area contributed by atoms with Gasteiger partial charge in [-0.15, -0.1) is 0 Å². The maximum atomic E-state index is 13.3. The van der Waals surface area contributed by atoms with Gasteiger partial charge in [0.1, 0.15) is 5.75 Å². The van der Waals surface area contributed by atoms with E-state index >= 15 is 0 Å². The number of aliphatic carboxylic acids is 1. The minimum Gasteiger partial charge on any atom is -0.497 e. The van der Waals surface area contributed by atoms with Crippen LogP contribution in [0.15, 0.2) is 42.7 Å². The normalized spacial score (nSPS) is 19.5. The number of hydrogen-bond acceptors (Lipinski definition) is 4. The Labute approximate surface area is 158 Å². The van der Waals surface area contributed by atoms with Crippen molar-refractivity contribution in [2.24, 2.45) is 5.41 Å². The fourth-order valence-electron chi connectivity index (χ4n) is 3.19. The smallest absolute Gasteiger partial charge is 0.406 e. The van der Waals surface area contributed by atoms with Crippen molar-refractivity contribution in [1.29, 1.82) is 0 Å². The molecule has 1 amide bonds. The molecule has 0 aliphatic carbocycles. The van der Waals surface area contributed by atoms with Gasteiger partial charge in [0.05, 0.1) is 12.7 Å². The maximum absolute atomic E-state index is 13.3. The van der Waals surface area contributed by atoms with Gasteiger partial charge in [0, 0.05) is 31.0 Å². The van der Waals surface area contributed by atoms with Crippen LogP contribution in [0, 0.1) is 5.41 Å². The lowest BCUT2D eigenvalue weighted by atomic mass is 9.86. The number of nitrogens with zero attached hydrogens (tertiary/aromatic N) is 2. The second-order valence-electron chi connectivity index (χ2n) is 6.55. The number of hydrogen-bond donors (Lipinski definition) is 1. The minimum absolute atomic E-state index is 0.0941. The number of ether oxygens (including phenoxy) is 1. The average molecular weight is 394 g/mol. The summed E-state index contributed by atoms with van der Waals surface area (Å²) >= 11 is 0. The quantitative estimate of drug-likeness (QED) is 0.861. The van der Waals surface area contributed by atoms with E-state index in [1.807, 2.05) is 0 Å². The Morgan fingerprint density at radius 3 is 2.39 bits per heavy atom. The van der Waals surface area contributed by atoms with Gasteiger partial charge >= 0.3 is 12.1 Å². The summed E-state index contributed by atoms with van der Waals surface area (Å²) in [6.07, 6.45) is -2.84. The molecule has 2 heterocycles. The summed E-state index contributed by atoms with van der Waals surface area (Å²) < 4.78 is 45.0. The summed E-state index contributed by atoms with van der Waals surface area (Å²) in [5.74, 6) is -2.01. The second-order valence-corrected chi connectivity index (χ2v) is 6.55. The molecule has 1 saturated heterocycles. The summed E-state index contributed by atoms with van der Waals surface area (Å²) in [7, 11) is 1.53. The Morgan fingerprint density at radius 2 is 1.86 bits per heavy atom. The lowest BCUT2D eigenvalue weighted by Gasteiger charge is -2.27. The third-order valence-electron chi connectivity index (χ3n) is 4.92. The third-order valence-corrected chi connectivity index (χ3v) is 4.92.